The van der Waals surface area contributed by atoms with Crippen LogP contribution in [0.2, 0.25) is 0 Å². The maximum absolute atomic E-state index is 5.70. The molecule has 3 aliphatic carbocycles. The maximum Gasteiger partial charge on any atom is 0.227 e. The molecule has 5 aliphatic rings. The van der Waals surface area contributed by atoms with Gasteiger partial charge in [0.15, 0.2) is 0 Å². The van der Waals surface area contributed by atoms with Gasteiger partial charge in [-0.1, -0.05) is 0 Å². The van der Waals surface area contributed by atoms with Crippen molar-refractivity contribution in [1.82, 2.24) is 24.6 Å². The van der Waals surface area contributed by atoms with Crippen LogP contribution in [0.15, 0.2) is 24.5 Å². The van der Waals surface area contributed by atoms with Crippen LogP contribution < -0.4 is 10.2 Å². The van der Waals surface area contributed by atoms with Gasteiger partial charge in [-0.2, -0.15) is 5.10 Å². The number of rotatable bonds is 5. The molecule has 2 bridgehead atoms. The average Bonchev–Trinajstić information content (AvgIpc) is 3.39. The molecule has 1 atom stereocenters. The summed E-state index contributed by atoms with van der Waals surface area (Å²) in [4.78, 5) is 14.6. The van der Waals surface area contributed by atoms with E-state index in [0.29, 0.717) is 5.95 Å². The topological polar surface area (TPSA) is 71.3 Å². The Balaban J connectivity index is 1.11. The molecule has 8 heteroatoms. The van der Waals surface area contributed by atoms with Crippen LogP contribution in [-0.2, 0) is 10.3 Å². The summed E-state index contributed by atoms with van der Waals surface area (Å²) in [6.45, 7) is 12.6. The number of benzene rings is 1. The lowest BCUT2D eigenvalue weighted by molar-refractivity contribution is -0.0990. The van der Waals surface area contributed by atoms with Gasteiger partial charge in [0.2, 0.25) is 5.95 Å². The number of nitrogens with one attached hydrogen (secondary N) is 1. The number of piperazine rings is 1. The Morgan fingerprint density at radius 3 is 2.54 bits per heavy atom. The molecular weight excluding hydrogens is 438 g/mol. The first-order valence-corrected chi connectivity index (χ1v) is 13.1. The van der Waals surface area contributed by atoms with Crippen LogP contribution in [0, 0.1) is 19.8 Å². The minimum atomic E-state index is 0.197. The van der Waals surface area contributed by atoms with Crippen LogP contribution in [0.3, 0.4) is 0 Å². The fourth-order valence-corrected chi connectivity index (χ4v) is 6.80. The molecule has 1 aromatic carbocycles. The van der Waals surface area contributed by atoms with Crippen LogP contribution in [0.5, 0.6) is 0 Å². The standard InChI is InChI=1S/C27H35N7O/c1-18-10-21-15-28-25(31-23-16-29-34(19(23)2)27-12-20(13-27)14-27)30-22(21)11-24(18)32-5-7-33(8-6-32)26(3)4-9-35-17-26/h10-11,15-16,20H,4-9,12-14,17H2,1-3H3,(H,28,30,31). The predicted octanol–water partition coefficient (Wildman–Crippen LogP) is 4.00. The van der Waals surface area contributed by atoms with Gasteiger partial charge in [-0.15, -0.1) is 0 Å². The van der Waals surface area contributed by atoms with Crippen LogP contribution >= 0.6 is 0 Å². The molecule has 2 aromatic heterocycles. The van der Waals surface area contributed by atoms with E-state index in [0.717, 1.165) is 68.3 Å². The molecule has 2 aliphatic heterocycles. The van der Waals surface area contributed by atoms with Crippen LogP contribution in [0.25, 0.3) is 10.9 Å². The molecule has 0 radical (unpaired) electrons. The van der Waals surface area contributed by atoms with E-state index in [2.05, 4.69) is 57.7 Å². The first-order chi connectivity index (χ1) is 16.9. The van der Waals surface area contributed by atoms with Gasteiger partial charge in [0, 0.05) is 55.6 Å². The molecule has 4 heterocycles. The number of nitrogens with zero attached hydrogens (tertiary/aromatic N) is 6. The van der Waals surface area contributed by atoms with Gasteiger partial charge in [0.1, 0.15) is 0 Å². The van der Waals surface area contributed by atoms with Crippen molar-refractivity contribution in [1.29, 1.82) is 0 Å². The Kier molecular flexibility index (Phi) is 4.71. The number of fused-ring (bicyclic) bond motifs is 1. The van der Waals surface area contributed by atoms with Crippen LogP contribution in [0.4, 0.5) is 17.3 Å². The number of aryl methyl sites for hydroxylation is 1. The summed E-state index contributed by atoms with van der Waals surface area (Å²) >= 11 is 0. The maximum atomic E-state index is 5.70. The van der Waals surface area contributed by atoms with E-state index in [1.807, 2.05) is 12.4 Å². The highest BCUT2D eigenvalue weighted by atomic mass is 16.5. The molecular formula is C27H35N7O. The molecule has 8 rings (SSSR count). The Bertz CT molecular complexity index is 1270. The average molecular weight is 474 g/mol. The lowest BCUT2D eigenvalue weighted by Crippen LogP contribution is -2.60. The summed E-state index contributed by atoms with van der Waals surface area (Å²) in [7, 11) is 0. The van der Waals surface area contributed by atoms with Gasteiger partial charge in [0.25, 0.3) is 0 Å². The fraction of sp³-hybridized carbons (Fsp3) is 0.593. The lowest BCUT2D eigenvalue weighted by atomic mass is 9.50. The zero-order valence-electron chi connectivity index (χ0n) is 21.0. The molecule has 35 heavy (non-hydrogen) atoms. The highest BCUT2D eigenvalue weighted by Crippen LogP contribution is 2.62. The van der Waals surface area contributed by atoms with E-state index in [-0.39, 0.29) is 11.1 Å². The number of hydrogen-bond donors (Lipinski definition) is 1. The van der Waals surface area contributed by atoms with Gasteiger partial charge < -0.3 is 15.0 Å². The number of aromatic nitrogens is 4. The quantitative estimate of drug-likeness (QED) is 0.601. The van der Waals surface area contributed by atoms with Crippen LogP contribution in [-0.4, -0.2) is 69.6 Å². The molecule has 0 spiro atoms. The lowest BCUT2D eigenvalue weighted by Gasteiger charge is -2.61. The smallest absolute Gasteiger partial charge is 0.227 e. The summed E-state index contributed by atoms with van der Waals surface area (Å²) in [5, 5.41) is 9.23. The molecule has 8 nitrogen and oxygen atoms in total. The largest absolute Gasteiger partial charge is 0.379 e. The summed E-state index contributed by atoms with van der Waals surface area (Å²) < 4.78 is 7.93. The second kappa shape index (κ2) is 7.64. The van der Waals surface area contributed by atoms with Crippen molar-refractivity contribution in [2.75, 3.05) is 49.6 Å². The molecule has 2 saturated heterocycles. The SMILES string of the molecule is Cc1cc2cnc(Nc3cnn(C45CC(C4)C5)c3C)nc2cc1N1CCN(C2(C)CCOC2)CC1. The molecule has 1 unspecified atom stereocenters. The molecule has 3 saturated carbocycles. The highest BCUT2D eigenvalue weighted by Gasteiger charge is 2.59. The zero-order chi connectivity index (χ0) is 23.8. The fourth-order valence-electron chi connectivity index (χ4n) is 6.80. The zero-order valence-corrected chi connectivity index (χ0v) is 21.0. The molecule has 184 valence electrons. The van der Waals surface area contributed by atoms with E-state index in [9.17, 15) is 0 Å². The third-order valence-corrected chi connectivity index (χ3v) is 9.19. The Morgan fingerprint density at radius 2 is 1.86 bits per heavy atom. The van der Waals surface area contributed by atoms with Crippen molar-refractivity contribution in [3.05, 3.63) is 35.8 Å². The number of hydrogen-bond acceptors (Lipinski definition) is 7. The highest BCUT2D eigenvalue weighted by molar-refractivity contribution is 5.84. The van der Waals surface area contributed by atoms with Crippen LogP contribution in [0.1, 0.15) is 43.9 Å². The second-order valence-corrected chi connectivity index (χ2v) is 11.5. The third-order valence-electron chi connectivity index (χ3n) is 9.19. The van der Waals surface area contributed by atoms with Crippen molar-refractivity contribution in [2.45, 2.75) is 57.5 Å². The van der Waals surface area contributed by atoms with Crippen molar-refractivity contribution in [3.8, 4) is 0 Å². The van der Waals surface area contributed by atoms with Gasteiger partial charge in [0.05, 0.1) is 35.2 Å². The van der Waals surface area contributed by atoms with Gasteiger partial charge in [-0.25, -0.2) is 9.97 Å². The Hall–Kier alpha value is -2.71. The van der Waals surface area contributed by atoms with E-state index in [1.165, 1.54) is 36.2 Å². The monoisotopic (exact) mass is 473 g/mol. The molecule has 1 N–H and O–H groups in total. The van der Waals surface area contributed by atoms with E-state index in [1.54, 1.807) is 0 Å². The summed E-state index contributed by atoms with van der Waals surface area (Å²) in [6.07, 6.45) is 8.84. The van der Waals surface area contributed by atoms with Crippen molar-refractivity contribution in [3.63, 3.8) is 0 Å². The molecule has 0 amide bonds. The minimum Gasteiger partial charge on any atom is -0.379 e. The van der Waals surface area contributed by atoms with Gasteiger partial charge in [-0.05, 0) is 70.1 Å². The minimum absolute atomic E-state index is 0.197. The number of anilines is 3. The van der Waals surface area contributed by atoms with Crippen molar-refractivity contribution in [2.24, 2.45) is 5.92 Å². The molecule has 5 fully saturated rings. The second-order valence-electron chi connectivity index (χ2n) is 11.5. The van der Waals surface area contributed by atoms with Crippen molar-refractivity contribution < 1.29 is 4.74 Å². The Labute approximate surface area is 206 Å². The summed E-state index contributed by atoms with van der Waals surface area (Å²) in [5.41, 5.74) is 6.20. The number of ether oxygens (including phenoxy) is 1. The van der Waals surface area contributed by atoms with E-state index < -0.39 is 0 Å². The first-order valence-electron chi connectivity index (χ1n) is 13.1. The predicted molar refractivity (Wildman–Crippen MR) is 137 cm³/mol. The summed E-state index contributed by atoms with van der Waals surface area (Å²) in [6, 6.07) is 4.46. The summed E-state index contributed by atoms with van der Waals surface area (Å²) in [5.74, 6) is 1.56. The van der Waals surface area contributed by atoms with Gasteiger partial charge >= 0.3 is 0 Å². The van der Waals surface area contributed by atoms with E-state index in [4.69, 9.17) is 14.8 Å². The first kappa shape index (κ1) is 21.6. The van der Waals surface area contributed by atoms with E-state index >= 15 is 0 Å². The van der Waals surface area contributed by atoms with Crippen molar-refractivity contribution >= 4 is 28.2 Å². The normalized spacial score (nSPS) is 30.4. The molecule has 3 aromatic rings. The Morgan fingerprint density at radius 1 is 1.06 bits per heavy atom. The van der Waals surface area contributed by atoms with Gasteiger partial charge in [-0.3, -0.25) is 9.58 Å². The third kappa shape index (κ3) is 3.37.